The Morgan fingerprint density at radius 2 is 2.00 bits per heavy atom. The van der Waals surface area contributed by atoms with Crippen LogP contribution in [0.4, 0.5) is 0 Å². The lowest BCUT2D eigenvalue weighted by Gasteiger charge is -2.34. The van der Waals surface area contributed by atoms with Gasteiger partial charge in [0.1, 0.15) is 11.4 Å². The molecule has 146 valence electrons. The minimum atomic E-state index is -0.664. The van der Waals surface area contributed by atoms with E-state index in [-0.39, 0.29) is 30.7 Å². The van der Waals surface area contributed by atoms with Crippen LogP contribution >= 0.6 is 24.8 Å². The average molecular weight is 403 g/mol. The van der Waals surface area contributed by atoms with E-state index in [0.29, 0.717) is 6.54 Å². The van der Waals surface area contributed by atoms with E-state index >= 15 is 0 Å². The molecule has 1 aromatic heterocycles. The first-order chi connectivity index (χ1) is 11.7. The third kappa shape index (κ3) is 4.68. The first-order valence-electron chi connectivity index (χ1n) is 8.61. The van der Waals surface area contributed by atoms with Crippen LogP contribution in [0.5, 0.6) is 0 Å². The van der Waals surface area contributed by atoms with E-state index in [0.717, 1.165) is 55.6 Å². The number of piperidine rings is 1. The van der Waals surface area contributed by atoms with Crippen molar-refractivity contribution < 1.29 is 9.53 Å². The number of hydrogen-bond acceptors (Lipinski definition) is 4. The topological polar surface area (TPSA) is 68.2 Å². The standard InChI is InChI=1S/C18H26N4O2.2ClH/c1-22-15-7-4-3-6-14(15)21-16(22)8-5-11-20-17(23)18(24-2)9-12-19-13-10-18;;/h3-4,6-7,19H,5,8-13H2,1-2H3,(H,20,23);2*1H. The van der Waals surface area contributed by atoms with Crippen molar-refractivity contribution in [3.05, 3.63) is 30.1 Å². The molecule has 1 aliphatic heterocycles. The van der Waals surface area contributed by atoms with E-state index in [4.69, 9.17) is 4.74 Å². The fraction of sp³-hybridized carbons (Fsp3) is 0.556. The van der Waals surface area contributed by atoms with Gasteiger partial charge in [-0.2, -0.15) is 0 Å². The molecule has 26 heavy (non-hydrogen) atoms. The highest BCUT2D eigenvalue weighted by Gasteiger charge is 2.39. The second-order valence-electron chi connectivity index (χ2n) is 6.38. The Morgan fingerprint density at radius 3 is 2.65 bits per heavy atom. The molecule has 0 aliphatic carbocycles. The van der Waals surface area contributed by atoms with Crippen LogP contribution in [0.15, 0.2) is 24.3 Å². The normalized spacial score (nSPS) is 15.8. The molecule has 2 heterocycles. The van der Waals surface area contributed by atoms with Crippen LogP contribution in [0.1, 0.15) is 25.1 Å². The number of imidazole rings is 1. The summed E-state index contributed by atoms with van der Waals surface area (Å²) in [7, 11) is 3.67. The molecule has 1 amide bonds. The highest BCUT2D eigenvalue weighted by atomic mass is 35.5. The number of aromatic nitrogens is 2. The van der Waals surface area contributed by atoms with Crippen LogP contribution < -0.4 is 10.6 Å². The van der Waals surface area contributed by atoms with Crippen molar-refractivity contribution in [2.75, 3.05) is 26.7 Å². The largest absolute Gasteiger partial charge is 0.368 e. The number of fused-ring (bicyclic) bond motifs is 1. The van der Waals surface area contributed by atoms with Crippen molar-refractivity contribution in [1.82, 2.24) is 20.2 Å². The second kappa shape index (κ2) is 10.1. The average Bonchev–Trinajstić information content (AvgIpc) is 2.95. The van der Waals surface area contributed by atoms with Crippen molar-refractivity contribution in [2.45, 2.75) is 31.3 Å². The van der Waals surface area contributed by atoms with E-state index in [1.54, 1.807) is 7.11 Å². The van der Waals surface area contributed by atoms with Crippen molar-refractivity contribution >= 4 is 41.8 Å². The summed E-state index contributed by atoms with van der Waals surface area (Å²) in [4.78, 5) is 17.2. The summed E-state index contributed by atoms with van der Waals surface area (Å²) in [5, 5.41) is 6.30. The Labute approximate surface area is 166 Å². The highest BCUT2D eigenvalue weighted by molar-refractivity contribution is 5.86. The zero-order chi connectivity index (χ0) is 17.0. The molecule has 0 unspecified atom stereocenters. The molecule has 2 aromatic rings. The van der Waals surface area contributed by atoms with Gasteiger partial charge in [0, 0.05) is 27.1 Å². The van der Waals surface area contributed by atoms with Gasteiger partial charge in [-0.25, -0.2) is 4.98 Å². The lowest BCUT2D eigenvalue weighted by atomic mass is 9.91. The van der Waals surface area contributed by atoms with Gasteiger partial charge >= 0.3 is 0 Å². The maximum atomic E-state index is 12.5. The van der Waals surface area contributed by atoms with E-state index in [1.807, 2.05) is 25.2 Å². The van der Waals surface area contributed by atoms with Crippen LogP contribution in [0.2, 0.25) is 0 Å². The molecule has 0 bridgehead atoms. The Bertz CT molecular complexity index is 714. The minimum absolute atomic E-state index is 0. The van der Waals surface area contributed by atoms with E-state index in [1.165, 1.54) is 0 Å². The van der Waals surface area contributed by atoms with Gasteiger partial charge in [0.15, 0.2) is 0 Å². The monoisotopic (exact) mass is 402 g/mol. The first-order valence-corrected chi connectivity index (χ1v) is 8.61. The number of benzene rings is 1. The molecule has 1 aliphatic rings. The third-order valence-corrected chi connectivity index (χ3v) is 4.96. The van der Waals surface area contributed by atoms with E-state index in [9.17, 15) is 4.79 Å². The number of carbonyl (C=O) groups is 1. The molecule has 1 aromatic carbocycles. The summed E-state index contributed by atoms with van der Waals surface area (Å²) in [6.45, 7) is 2.28. The predicted octanol–water partition coefficient (Wildman–Crippen LogP) is 2.23. The van der Waals surface area contributed by atoms with Gasteiger partial charge in [-0.1, -0.05) is 12.1 Å². The number of carbonyl (C=O) groups excluding carboxylic acids is 1. The van der Waals surface area contributed by atoms with Gasteiger partial charge in [-0.3, -0.25) is 4.79 Å². The maximum absolute atomic E-state index is 12.5. The van der Waals surface area contributed by atoms with Crippen LogP contribution in [0.3, 0.4) is 0 Å². The summed E-state index contributed by atoms with van der Waals surface area (Å²) in [6.07, 6.45) is 3.15. The molecule has 2 N–H and O–H groups in total. The molecule has 1 saturated heterocycles. The third-order valence-electron chi connectivity index (χ3n) is 4.96. The summed E-state index contributed by atoms with van der Waals surface area (Å²) in [5.41, 5.74) is 1.50. The molecular formula is C18H28Cl2N4O2. The Balaban J connectivity index is 0.00000169. The lowest BCUT2D eigenvalue weighted by Crippen LogP contribution is -2.54. The lowest BCUT2D eigenvalue weighted by molar-refractivity contribution is -0.146. The van der Waals surface area contributed by atoms with Gasteiger partial charge in [0.2, 0.25) is 0 Å². The van der Waals surface area contributed by atoms with Crippen molar-refractivity contribution in [3.8, 4) is 0 Å². The van der Waals surface area contributed by atoms with Crippen molar-refractivity contribution in [2.24, 2.45) is 7.05 Å². The highest BCUT2D eigenvalue weighted by Crippen LogP contribution is 2.22. The number of para-hydroxylation sites is 2. The molecule has 0 radical (unpaired) electrons. The molecule has 1 fully saturated rings. The zero-order valence-corrected chi connectivity index (χ0v) is 16.9. The van der Waals surface area contributed by atoms with Crippen LogP contribution in [0.25, 0.3) is 11.0 Å². The second-order valence-corrected chi connectivity index (χ2v) is 6.38. The number of rotatable bonds is 6. The molecule has 0 saturated carbocycles. The molecule has 8 heteroatoms. The minimum Gasteiger partial charge on any atom is -0.368 e. The maximum Gasteiger partial charge on any atom is 0.252 e. The first kappa shape index (κ1) is 22.7. The van der Waals surface area contributed by atoms with Crippen molar-refractivity contribution in [3.63, 3.8) is 0 Å². The van der Waals surface area contributed by atoms with Crippen LogP contribution in [-0.2, 0) is 23.0 Å². The number of ether oxygens (including phenoxy) is 1. The number of methoxy groups -OCH3 is 1. The van der Waals surface area contributed by atoms with Gasteiger partial charge in [-0.05, 0) is 44.5 Å². The number of nitrogens with zero attached hydrogens (tertiary/aromatic N) is 2. The van der Waals surface area contributed by atoms with Gasteiger partial charge in [-0.15, -0.1) is 24.8 Å². The smallest absolute Gasteiger partial charge is 0.252 e. The van der Waals surface area contributed by atoms with Gasteiger partial charge in [0.25, 0.3) is 5.91 Å². The summed E-state index contributed by atoms with van der Waals surface area (Å²) < 4.78 is 7.67. The Hall–Kier alpha value is -1.34. The fourth-order valence-corrected chi connectivity index (χ4v) is 3.38. The van der Waals surface area contributed by atoms with Crippen molar-refractivity contribution in [1.29, 1.82) is 0 Å². The van der Waals surface area contributed by atoms with E-state index < -0.39 is 5.60 Å². The summed E-state index contributed by atoms with van der Waals surface area (Å²) >= 11 is 0. The molecular weight excluding hydrogens is 375 g/mol. The quantitative estimate of drug-likeness (QED) is 0.726. The summed E-state index contributed by atoms with van der Waals surface area (Å²) in [5.74, 6) is 1.06. The van der Waals surface area contributed by atoms with Gasteiger partial charge in [0.05, 0.1) is 11.0 Å². The summed E-state index contributed by atoms with van der Waals surface area (Å²) in [6, 6.07) is 8.13. The van der Waals surface area contributed by atoms with E-state index in [2.05, 4.69) is 26.3 Å². The van der Waals surface area contributed by atoms with Crippen LogP contribution in [0, 0.1) is 0 Å². The number of amides is 1. The Morgan fingerprint density at radius 1 is 1.31 bits per heavy atom. The number of hydrogen-bond donors (Lipinski definition) is 2. The number of halogens is 2. The van der Waals surface area contributed by atoms with Gasteiger partial charge < -0.3 is 19.9 Å². The molecule has 0 atom stereocenters. The van der Waals surface area contributed by atoms with Crippen LogP contribution in [-0.4, -0.2) is 47.8 Å². The SMILES string of the molecule is COC1(C(=O)NCCCc2nc3ccccc3n2C)CCNCC1.Cl.Cl. The number of nitrogens with one attached hydrogen (secondary N) is 2. The molecule has 0 spiro atoms. The molecule has 6 nitrogen and oxygen atoms in total. The predicted molar refractivity (Wildman–Crippen MR) is 108 cm³/mol. The Kier molecular flexibility index (Phi) is 8.83. The zero-order valence-electron chi connectivity index (χ0n) is 15.3. The number of aryl methyl sites for hydroxylation is 2. The molecule has 3 rings (SSSR count). The fourth-order valence-electron chi connectivity index (χ4n) is 3.38.